The second-order valence-electron chi connectivity index (χ2n) is 14.1. The van der Waals surface area contributed by atoms with Crippen molar-refractivity contribution >= 4 is 11.8 Å². The second-order valence-corrected chi connectivity index (χ2v) is 14.1. The van der Waals surface area contributed by atoms with Gasteiger partial charge in [0.15, 0.2) is 17.0 Å². The number of hydrogen-bond acceptors (Lipinski definition) is 10. The van der Waals surface area contributed by atoms with E-state index in [2.05, 4.69) is 13.5 Å². The topological polar surface area (TPSA) is 144 Å². The number of epoxide rings is 1. The van der Waals surface area contributed by atoms with Crippen LogP contribution < -0.4 is 0 Å². The molecule has 7 rings (SSSR count). The van der Waals surface area contributed by atoms with Gasteiger partial charge in [0, 0.05) is 23.8 Å². The van der Waals surface area contributed by atoms with Crippen molar-refractivity contribution in [3.63, 3.8) is 0 Å². The van der Waals surface area contributed by atoms with Gasteiger partial charge in [0.2, 0.25) is 0 Å². The lowest BCUT2D eigenvalue weighted by Crippen LogP contribution is -2.76. The van der Waals surface area contributed by atoms with Gasteiger partial charge >= 0.3 is 11.9 Å². The molecule has 0 aromatic heterocycles. The summed E-state index contributed by atoms with van der Waals surface area (Å²) in [7, 11) is 0. The Balaban J connectivity index is 1.41. The number of ketones is 1. The molecule has 10 heteroatoms. The molecule has 3 N–H and O–H groups in total. The third-order valence-corrected chi connectivity index (χ3v) is 11.5. The summed E-state index contributed by atoms with van der Waals surface area (Å²) in [6.07, 6.45) is 8.51. The standard InChI is InChI=1S/C37H44O10/c1-6-7-8-9-10-11-15-18-34-45-30-26-29-33(20-38,44-29)32(41)35(42)25(19-22(4)27(35)39)37(26,47-34)23(5)28(36(30,46-34)21(2)3)43-31(40)24-16-13-12-14-17-24/h10-19,23,25-26,28-30,32,38,41-42H,2,6-9,20H2,1,3-5H3/t23-,25-,26+,28-,29+,30-,32-,33+,34?,35-,36+,37+/m1/s1. The Bertz CT molecular complexity index is 1570. The molecule has 252 valence electrons. The Morgan fingerprint density at radius 2 is 1.85 bits per heavy atom. The highest BCUT2D eigenvalue weighted by Gasteiger charge is 2.90. The van der Waals surface area contributed by atoms with Crippen LogP contribution in [0.3, 0.4) is 0 Å². The molecule has 6 aliphatic rings. The van der Waals surface area contributed by atoms with Crippen LogP contribution in [0, 0.1) is 17.8 Å². The third-order valence-electron chi connectivity index (χ3n) is 11.5. The highest BCUT2D eigenvalue weighted by molar-refractivity contribution is 6.05. The van der Waals surface area contributed by atoms with Crippen LogP contribution in [0.1, 0.15) is 63.7 Å². The van der Waals surface area contributed by atoms with E-state index in [-0.39, 0.29) is 5.57 Å². The van der Waals surface area contributed by atoms with E-state index in [1.807, 2.05) is 19.1 Å². The number of carbonyl (C=O) groups excluding carboxylic acids is 2. The summed E-state index contributed by atoms with van der Waals surface area (Å²) in [6, 6.07) is 8.57. The molecular formula is C37H44O10. The Hall–Kier alpha value is -2.96. The van der Waals surface area contributed by atoms with Crippen LogP contribution in [0.2, 0.25) is 0 Å². The van der Waals surface area contributed by atoms with E-state index >= 15 is 0 Å². The zero-order valence-corrected chi connectivity index (χ0v) is 27.3. The predicted octanol–water partition coefficient (Wildman–Crippen LogP) is 3.70. The lowest BCUT2D eigenvalue weighted by atomic mass is 9.53. The van der Waals surface area contributed by atoms with Gasteiger partial charge in [-0.05, 0) is 50.0 Å². The minimum atomic E-state index is -2.41. The van der Waals surface area contributed by atoms with Crippen LogP contribution in [0.15, 0.2) is 78.4 Å². The fraction of sp³-hybridized carbons (Fsp3) is 0.568. The summed E-state index contributed by atoms with van der Waals surface area (Å²) >= 11 is 0. The molecule has 12 atom stereocenters. The lowest BCUT2D eigenvalue weighted by molar-refractivity contribution is -0.407. The second kappa shape index (κ2) is 11.0. The minimum absolute atomic E-state index is 0.238. The maximum atomic E-state index is 13.8. The maximum Gasteiger partial charge on any atom is 0.338 e. The molecule has 2 saturated carbocycles. The van der Waals surface area contributed by atoms with Crippen molar-refractivity contribution in [2.75, 3.05) is 6.61 Å². The van der Waals surface area contributed by atoms with Gasteiger partial charge in [-0.2, -0.15) is 0 Å². The van der Waals surface area contributed by atoms with E-state index < -0.39 is 88.9 Å². The molecule has 1 aromatic carbocycles. The van der Waals surface area contributed by atoms with Crippen molar-refractivity contribution in [3.05, 3.63) is 84.0 Å². The fourth-order valence-electron chi connectivity index (χ4n) is 9.24. The predicted molar refractivity (Wildman–Crippen MR) is 169 cm³/mol. The maximum absolute atomic E-state index is 13.8. The lowest BCUT2D eigenvalue weighted by Gasteiger charge is -2.61. The number of benzene rings is 1. The highest BCUT2D eigenvalue weighted by Crippen LogP contribution is 2.73. The highest BCUT2D eigenvalue weighted by atomic mass is 16.9. The largest absolute Gasteiger partial charge is 0.455 e. The Morgan fingerprint density at radius 1 is 1.11 bits per heavy atom. The molecule has 1 unspecified atom stereocenters. The van der Waals surface area contributed by atoms with Gasteiger partial charge in [0.1, 0.15) is 30.0 Å². The molecule has 0 amide bonds. The number of hydrogen-bond donors (Lipinski definition) is 3. The van der Waals surface area contributed by atoms with Crippen LogP contribution in [-0.4, -0.2) is 86.5 Å². The number of allylic oxidation sites excluding steroid dienone is 3. The van der Waals surface area contributed by atoms with E-state index in [9.17, 15) is 24.9 Å². The molecule has 5 fully saturated rings. The van der Waals surface area contributed by atoms with Gasteiger partial charge in [-0.3, -0.25) is 4.79 Å². The van der Waals surface area contributed by atoms with Crippen LogP contribution in [0.25, 0.3) is 0 Å². The van der Waals surface area contributed by atoms with Gasteiger partial charge in [-0.15, -0.1) is 0 Å². The summed E-state index contributed by atoms with van der Waals surface area (Å²) in [5.41, 5.74) is -6.01. The van der Waals surface area contributed by atoms with Gasteiger partial charge in [0.25, 0.3) is 0 Å². The summed E-state index contributed by atoms with van der Waals surface area (Å²) < 4.78 is 33.2. The molecule has 0 radical (unpaired) electrons. The summed E-state index contributed by atoms with van der Waals surface area (Å²) in [4.78, 5) is 27.6. The molecule has 3 aliphatic heterocycles. The number of rotatable bonds is 10. The summed E-state index contributed by atoms with van der Waals surface area (Å²) in [6.45, 7) is 11.0. The molecule has 1 aromatic rings. The molecule has 47 heavy (non-hydrogen) atoms. The average Bonchev–Trinajstić information content (AvgIpc) is 3.69. The van der Waals surface area contributed by atoms with Gasteiger partial charge in [-0.1, -0.05) is 75.8 Å². The normalized spacial score (nSPS) is 45.8. The number of aliphatic hydroxyl groups excluding tert-OH is 2. The third kappa shape index (κ3) is 4.16. The van der Waals surface area contributed by atoms with E-state index in [0.29, 0.717) is 11.1 Å². The van der Waals surface area contributed by atoms with E-state index in [4.69, 9.17) is 23.7 Å². The van der Waals surface area contributed by atoms with Crippen LogP contribution in [0.4, 0.5) is 0 Å². The van der Waals surface area contributed by atoms with Crippen molar-refractivity contribution in [2.24, 2.45) is 17.8 Å². The number of carbonyl (C=O) groups is 2. The van der Waals surface area contributed by atoms with Gasteiger partial charge < -0.3 is 39.0 Å². The van der Waals surface area contributed by atoms with Gasteiger partial charge in [0.05, 0.1) is 17.8 Å². The zero-order valence-electron chi connectivity index (χ0n) is 27.3. The zero-order chi connectivity index (χ0) is 33.6. The van der Waals surface area contributed by atoms with E-state index in [1.165, 1.54) is 0 Å². The van der Waals surface area contributed by atoms with Crippen LogP contribution >= 0.6 is 0 Å². The van der Waals surface area contributed by atoms with E-state index in [1.54, 1.807) is 62.4 Å². The fourth-order valence-corrected chi connectivity index (χ4v) is 9.24. The van der Waals surface area contributed by atoms with Crippen LogP contribution in [-0.2, 0) is 28.5 Å². The van der Waals surface area contributed by atoms with Crippen molar-refractivity contribution < 1.29 is 48.6 Å². The molecule has 3 aliphatic carbocycles. The number of ether oxygens (including phenoxy) is 5. The number of fused-ring (bicyclic) bond motifs is 3. The smallest absolute Gasteiger partial charge is 0.338 e. The van der Waals surface area contributed by atoms with Crippen molar-refractivity contribution in [3.8, 4) is 0 Å². The van der Waals surface area contributed by atoms with E-state index in [0.717, 1.165) is 25.7 Å². The first kappa shape index (κ1) is 32.6. The Labute approximate surface area is 274 Å². The molecule has 0 spiro atoms. The SMILES string of the molecule is C=C(C)[C@@]12OC3(C=CC=CCCCCC)O[C@@H]1[C@@H]1[C@@H]4O[C@]4(CO)[C@@H](O)[C@]4(O)C(=O)C(C)=C[C@H]4[C@@]1(O3)[C@H](C)[C@H]2OC(=O)c1ccccc1. The Kier molecular flexibility index (Phi) is 7.65. The first-order chi connectivity index (χ1) is 22.4. The minimum Gasteiger partial charge on any atom is -0.455 e. The molecule has 3 saturated heterocycles. The van der Waals surface area contributed by atoms with Crippen molar-refractivity contribution in [1.29, 1.82) is 0 Å². The first-order valence-corrected chi connectivity index (χ1v) is 16.7. The quantitative estimate of drug-likeness (QED) is 0.113. The average molecular weight is 649 g/mol. The number of Topliss-reactive ketones (excluding diaryl/α,β-unsaturated/α-hetero) is 1. The molecule has 3 heterocycles. The summed E-state index contributed by atoms with van der Waals surface area (Å²) in [5.74, 6) is -5.81. The number of esters is 1. The Morgan fingerprint density at radius 3 is 2.53 bits per heavy atom. The molecule has 10 nitrogen and oxygen atoms in total. The van der Waals surface area contributed by atoms with Crippen molar-refractivity contribution in [1.82, 2.24) is 0 Å². The number of aliphatic hydroxyl groups is 3. The monoisotopic (exact) mass is 648 g/mol. The molecule has 3 bridgehead atoms. The number of unbranched alkanes of at least 4 members (excludes halogenated alkanes) is 3. The molecular weight excluding hydrogens is 604 g/mol. The summed E-state index contributed by atoms with van der Waals surface area (Å²) in [5, 5.41) is 34.9. The first-order valence-electron chi connectivity index (χ1n) is 16.7. The van der Waals surface area contributed by atoms with Gasteiger partial charge in [-0.25, -0.2) is 4.79 Å². The van der Waals surface area contributed by atoms with Crippen LogP contribution in [0.5, 0.6) is 0 Å². The van der Waals surface area contributed by atoms with Crippen molar-refractivity contribution in [2.45, 2.75) is 106 Å².